The van der Waals surface area contributed by atoms with Crippen LogP contribution in [0.1, 0.15) is 26.2 Å². The molecular formula is C10H20N2O4. The first-order chi connectivity index (χ1) is 7.60. The maximum atomic E-state index is 10.8. The summed E-state index contributed by atoms with van der Waals surface area (Å²) in [7, 11) is 2.67. The summed E-state index contributed by atoms with van der Waals surface area (Å²) >= 11 is 0. The smallest absolute Gasteiger partial charge is 0.407 e. The van der Waals surface area contributed by atoms with Gasteiger partial charge in [0.25, 0.3) is 0 Å². The van der Waals surface area contributed by atoms with Gasteiger partial charge in [0.2, 0.25) is 0 Å². The monoisotopic (exact) mass is 232 g/mol. The molecule has 0 aromatic carbocycles. The molecule has 94 valence electrons. The Labute approximate surface area is 95.7 Å². The van der Waals surface area contributed by atoms with E-state index in [4.69, 9.17) is 0 Å². The highest BCUT2D eigenvalue weighted by Gasteiger charge is 2.06. The third-order valence-corrected chi connectivity index (χ3v) is 2.07. The SMILES string of the molecule is COC(=O)NCCCCC(C)NC(=O)OC. The van der Waals surface area contributed by atoms with Crippen molar-refractivity contribution in [2.45, 2.75) is 32.2 Å². The van der Waals surface area contributed by atoms with Gasteiger partial charge in [-0.25, -0.2) is 9.59 Å². The Morgan fingerprint density at radius 3 is 2.31 bits per heavy atom. The van der Waals surface area contributed by atoms with E-state index in [-0.39, 0.29) is 6.04 Å². The van der Waals surface area contributed by atoms with E-state index in [2.05, 4.69) is 20.1 Å². The molecule has 0 radical (unpaired) electrons. The minimum atomic E-state index is -0.416. The molecule has 0 aliphatic carbocycles. The van der Waals surface area contributed by atoms with Crippen LogP contribution in [-0.2, 0) is 9.47 Å². The second-order valence-corrected chi connectivity index (χ2v) is 3.45. The van der Waals surface area contributed by atoms with Gasteiger partial charge >= 0.3 is 12.2 Å². The summed E-state index contributed by atoms with van der Waals surface area (Å²) in [4.78, 5) is 21.5. The number of carbonyl (C=O) groups is 2. The first kappa shape index (κ1) is 14.5. The molecule has 0 saturated heterocycles. The van der Waals surface area contributed by atoms with Crippen LogP contribution in [-0.4, -0.2) is 39.0 Å². The maximum absolute atomic E-state index is 10.8. The number of ether oxygens (including phenoxy) is 2. The van der Waals surface area contributed by atoms with Crippen LogP contribution in [0.15, 0.2) is 0 Å². The van der Waals surface area contributed by atoms with Crippen molar-refractivity contribution in [1.82, 2.24) is 10.6 Å². The molecule has 0 fully saturated rings. The number of methoxy groups -OCH3 is 2. The van der Waals surface area contributed by atoms with Gasteiger partial charge < -0.3 is 20.1 Å². The molecule has 6 nitrogen and oxygen atoms in total. The van der Waals surface area contributed by atoms with E-state index in [1.165, 1.54) is 14.2 Å². The van der Waals surface area contributed by atoms with Crippen molar-refractivity contribution >= 4 is 12.2 Å². The van der Waals surface area contributed by atoms with E-state index in [1.54, 1.807) is 0 Å². The minimum Gasteiger partial charge on any atom is -0.453 e. The minimum absolute atomic E-state index is 0.0746. The number of rotatable bonds is 6. The molecule has 0 aliphatic rings. The highest BCUT2D eigenvalue weighted by Crippen LogP contribution is 1.99. The van der Waals surface area contributed by atoms with Crippen LogP contribution in [0.2, 0.25) is 0 Å². The highest BCUT2D eigenvalue weighted by atomic mass is 16.5. The van der Waals surface area contributed by atoms with Crippen molar-refractivity contribution in [3.8, 4) is 0 Å². The Bertz CT molecular complexity index is 221. The fourth-order valence-corrected chi connectivity index (χ4v) is 1.17. The Morgan fingerprint density at radius 1 is 1.12 bits per heavy atom. The molecule has 16 heavy (non-hydrogen) atoms. The van der Waals surface area contributed by atoms with Crippen LogP contribution in [0.5, 0.6) is 0 Å². The molecule has 1 unspecified atom stereocenters. The maximum Gasteiger partial charge on any atom is 0.407 e. The molecule has 0 aromatic heterocycles. The van der Waals surface area contributed by atoms with Crippen molar-refractivity contribution in [1.29, 1.82) is 0 Å². The summed E-state index contributed by atoms with van der Waals surface area (Å²) in [6.45, 7) is 2.49. The van der Waals surface area contributed by atoms with E-state index < -0.39 is 12.2 Å². The van der Waals surface area contributed by atoms with Gasteiger partial charge in [-0.1, -0.05) is 0 Å². The lowest BCUT2D eigenvalue weighted by Gasteiger charge is -2.12. The molecule has 0 saturated carbocycles. The predicted octanol–water partition coefficient (Wildman–Crippen LogP) is 1.26. The number of unbranched alkanes of at least 4 members (excludes halogenated alkanes) is 1. The van der Waals surface area contributed by atoms with E-state index in [0.29, 0.717) is 6.54 Å². The van der Waals surface area contributed by atoms with Crippen molar-refractivity contribution in [2.75, 3.05) is 20.8 Å². The fourth-order valence-electron chi connectivity index (χ4n) is 1.17. The molecular weight excluding hydrogens is 212 g/mol. The standard InChI is InChI=1S/C10H20N2O4/c1-8(12-10(14)16-3)6-4-5-7-11-9(13)15-2/h8H,4-7H2,1-3H3,(H,11,13)(H,12,14). The van der Waals surface area contributed by atoms with Gasteiger partial charge in [0.1, 0.15) is 0 Å². The lowest BCUT2D eigenvalue weighted by molar-refractivity contribution is 0.166. The first-order valence-corrected chi connectivity index (χ1v) is 5.26. The van der Waals surface area contributed by atoms with Crippen molar-refractivity contribution in [3.05, 3.63) is 0 Å². The first-order valence-electron chi connectivity index (χ1n) is 5.26. The van der Waals surface area contributed by atoms with Crippen molar-refractivity contribution < 1.29 is 19.1 Å². The second-order valence-electron chi connectivity index (χ2n) is 3.45. The third-order valence-electron chi connectivity index (χ3n) is 2.07. The van der Waals surface area contributed by atoms with Crippen molar-refractivity contribution in [3.63, 3.8) is 0 Å². The zero-order valence-electron chi connectivity index (χ0n) is 10.0. The second kappa shape index (κ2) is 8.82. The number of amides is 2. The van der Waals surface area contributed by atoms with Crippen LogP contribution in [0.4, 0.5) is 9.59 Å². The average Bonchev–Trinajstić information content (AvgIpc) is 2.27. The number of hydrogen-bond acceptors (Lipinski definition) is 4. The summed E-state index contributed by atoms with van der Waals surface area (Å²) in [5.74, 6) is 0. The summed E-state index contributed by atoms with van der Waals surface area (Å²) in [5, 5.41) is 5.25. The molecule has 2 amide bonds. The van der Waals surface area contributed by atoms with Gasteiger partial charge in [-0.15, -0.1) is 0 Å². The Kier molecular flexibility index (Phi) is 8.01. The van der Waals surface area contributed by atoms with Gasteiger partial charge in [0.15, 0.2) is 0 Å². The molecule has 6 heteroatoms. The Balaban J connectivity index is 3.37. The predicted molar refractivity (Wildman–Crippen MR) is 59.3 cm³/mol. The van der Waals surface area contributed by atoms with Crippen LogP contribution >= 0.6 is 0 Å². The number of hydrogen-bond donors (Lipinski definition) is 2. The zero-order chi connectivity index (χ0) is 12.4. The van der Waals surface area contributed by atoms with Gasteiger partial charge in [0, 0.05) is 12.6 Å². The van der Waals surface area contributed by atoms with Crippen LogP contribution in [0, 0.1) is 0 Å². The lowest BCUT2D eigenvalue weighted by Crippen LogP contribution is -2.32. The van der Waals surface area contributed by atoms with E-state index in [0.717, 1.165) is 19.3 Å². The van der Waals surface area contributed by atoms with Gasteiger partial charge in [-0.05, 0) is 26.2 Å². The topological polar surface area (TPSA) is 76.7 Å². The number of carbonyl (C=O) groups excluding carboxylic acids is 2. The molecule has 0 spiro atoms. The van der Waals surface area contributed by atoms with Gasteiger partial charge in [-0.2, -0.15) is 0 Å². The summed E-state index contributed by atoms with van der Waals surface area (Å²) in [6, 6.07) is 0.0746. The normalized spacial score (nSPS) is 11.4. The average molecular weight is 232 g/mol. The molecule has 0 aliphatic heterocycles. The third kappa shape index (κ3) is 7.90. The molecule has 1 atom stereocenters. The lowest BCUT2D eigenvalue weighted by atomic mass is 10.1. The van der Waals surface area contributed by atoms with E-state index in [1.807, 2.05) is 6.92 Å². The zero-order valence-corrected chi connectivity index (χ0v) is 10.0. The molecule has 0 bridgehead atoms. The number of alkyl carbamates (subject to hydrolysis) is 2. The van der Waals surface area contributed by atoms with Crippen LogP contribution in [0.3, 0.4) is 0 Å². The van der Waals surface area contributed by atoms with Gasteiger partial charge in [-0.3, -0.25) is 0 Å². The Hall–Kier alpha value is -1.46. The summed E-state index contributed by atoms with van der Waals surface area (Å²) in [5.41, 5.74) is 0. The summed E-state index contributed by atoms with van der Waals surface area (Å²) < 4.78 is 8.89. The Morgan fingerprint density at radius 2 is 1.75 bits per heavy atom. The van der Waals surface area contributed by atoms with Gasteiger partial charge in [0.05, 0.1) is 14.2 Å². The van der Waals surface area contributed by atoms with E-state index >= 15 is 0 Å². The number of nitrogens with one attached hydrogen (secondary N) is 2. The fraction of sp³-hybridized carbons (Fsp3) is 0.800. The molecule has 0 aromatic rings. The van der Waals surface area contributed by atoms with E-state index in [9.17, 15) is 9.59 Å². The van der Waals surface area contributed by atoms with Crippen molar-refractivity contribution in [2.24, 2.45) is 0 Å². The quantitative estimate of drug-likeness (QED) is 0.676. The van der Waals surface area contributed by atoms with Crippen LogP contribution < -0.4 is 10.6 Å². The molecule has 2 N–H and O–H groups in total. The molecule has 0 heterocycles. The highest BCUT2D eigenvalue weighted by molar-refractivity contribution is 5.67. The molecule has 0 rings (SSSR count). The largest absolute Gasteiger partial charge is 0.453 e. The summed E-state index contributed by atoms with van der Waals surface area (Å²) in [6.07, 6.45) is 1.77. The van der Waals surface area contributed by atoms with Crippen LogP contribution in [0.25, 0.3) is 0 Å².